The van der Waals surface area contributed by atoms with E-state index in [1.165, 1.54) is 0 Å². The summed E-state index contributed by atoms with van der Waals surface area (Å²) >= 11 is 4.12. The number of amides is 3. The highest BCUT2D eigenvalue weighted by atomic mass is 79.9. The first kappa shape index (κ1) is 22.9. The van der Waals surface area contributed by atoms with E-state index in [9.17, 15) is 14.4 Å². The summed E-state index contributed by atoms with van der Waals surface area (Å²) in [6.45, 7) is 4.36. The molecule has 0 atom stereocenters. The Morgan fingerprint density at radius 2 is 1.74 bits per heavy atom. The molecule has 1 aliphatic rings. The zero-order chi connectivity index (χ0) is 22.4. The van der Waals surface area contributed by atoms with E-state index >= 15 is 0 Å². The summed E-state index contributed by atoms with van der Waals surface area (Å²) in [7, 11) is 0. The van der Waals surface area contributed by atoms with Crippen molar-refractivity contribution < 1.29 is 23.9 Å². The van der Waals surface area contributed by atoms with E-state index < -0.39 is 17.1 Å². The van der Waals surface area contributed by atoms with Gasteiger partial charge < -0.3 is 14.8 Å². The van der Waals surface area contributed by atoms with Crippen LogP contribution in [0.5, 0.6) is 11.5 Å². The van der Waals surface area contributed by atoms with Crippen LogP contribution in [-0.4, -0.2) is 41.7 Å². The fourth-order valence-corrected chi connectivity index (χ4v) is 3.93. The van der Waals surface area contributed by atoms with Crippen molar-refractivity contribution in [3.05, 3.63) is 57.4 Å². The Hall–Kier alpha value is -2.78. The highest BCUT2D eigenvalue weighted by molar-refractivity contribution is 9.10. The van der Waals surface area contributed by atoms with Gasteiger partial charge in [-0.05, 0) is 73.6 Å². The third-order valence-electron chi connectivity index (χ3n) is 4.17. The van der Waals surface area contributed by atoms with Crippen molar-refractivity contribution in [3.8, 4) is 11.5 Å². The van der Waals surface area contributed by atoms with Crippen LogP contribution >= 0.6 is 27.7 Å². The summed E-state index contributed by atoms with van der Waals surface area (Å²) in [4.78, 5) is 38.5. The number of hydrogen-bond donors (Lipinski definition) is 1. The van der Waals surface area contributed by atoms with E-state index in [1.807, 2.05) is 13.8 Å². The minimum atomic E-state index is -0.507. The molecule has 0 aromatic heterocycles. The number of imide groups is 1. The monoisotopic (exact) mass is 504 g/mol. The Morgan fingerprint density at radius 3 is 2.42 bits per heavy atom. The standard InChI is InChI=1S/C22H21BrN2O5S/c1-3-29-17-10-5-14(11-18(17)30-4-2)12-19-21(27)25(22(28)31-19)13-20(26)24-16-8-6-15(23)7-9-16/h5-12H,3-4,13H2,1-2H3,(H,24,26)/b19-12+. The molecule has 2 aromatic rings. The molecule has 162 valence electrons. The molecule has 3 rings (SSSR count). The first-order chi connectivity index (χ1) is 14.9. The van der Waals surface area contributed by atoms with Crippen LogP contribution in [0.3, 0.4) is 0 Å². The van der Waals surface area contributed by atoms with Gasteiger partial charge in [0.1, 0.15) is 6.54 Å². The molecule has 0 bridgehead atoms. The second-order valence-electron chi connectivity index (χ2n) is 6.40. The minimum absolute atomic E-state index is 0.244. The smallest absolute Gasteiger partial charge is 0.294 e. The van der Waals surface area contributed by atoms with Crippen LogP contribution in [-0.2, 0) is 9.59 Å². The average molecular weight is 505 g/mol. The molecule has 1 saturated heterocycles. The molecule has 1 fully saturated rings. The molecular formula is C22H21BrN2O5S. The SMILES string of the molecule is CCOc1ccc(/C=C2/SC(=O)N(CC(=O)Nc3ccc(Br)cc3)C2=O)cc1OCC. The van der Waals surface area contributed by atoms with E-state index in [-0.39, 0.29) is 11.4 Å². The Labute approximate surface area is 192 Å². The first-order valence-corrected chi connectivity index (χ1v) is 11.2. The van der Waals surface area contributed by atoms with E-state index in [2.05, 4.69) is 21.2 Å². The van der Waals surface area contributed by atoms with Crippen LogP contribution in [0.4, 0.5) is 10.5 Å². The summed E-state index contributed by atoms with van der Waals surface area (Å²) in [5.41, 5.74) is 1.27. The number of anilines is 1. The first-order valence-electron chi connectivity index (χ1n) is 9.61. The Kier molecular flexibility index (Phi) is 7.75. The molecular weight excluding hydrogens is 484 g/mol. The number of hydrogen-bond acceptors (Lipinski definition) is 6. The summed E-state index contributed by atoms with van der Waals surface area (Å²) < 4.78 is 12.0. The van der Waals surface area contributed by atoms with E-state index in [1.54, 1.807) is 48.5 Å². The predicted molar refractivity (Wildman–Crippen MR) is 124 cm³/mol. The molecule has 1 aliphatic heterocycles. The highest BCUT2D eigenvalue weighted by Crippen LogP contribution is 2.34. The molecule has 0 saturated carbocycles. The lowest BCUT2D eigenvalue weighted by molar-refractivity contribution is -0.127. The Bertz CT molecular complexity index is 1020. The van der Waals surface area contributed by atoms with E-state index in [4.69, 9.17) is 9.47 Å². The van der Waals surface area contributed by atoms with Gasteiger partial charge in [-0.15, -0.1) is 0 Å². The Morgan fingerprint density at radius 1 is 1.06 bits per heavy atom. The molecule has 0 aliphatic carbocycles. The maximum absolute atomic E-state index is 12.7. The van der Waals surface area contributed by atoms with Crippen molar-refractivity contribution in [2.75, 3.05) is 25.1 Å². The predicted octanol–water partition coefficient (Wildman–Crippen LogP) is 4.92. The Balaban J connectivity index is 1.71. The zero-order valence-electron chi connectivity index (χ0n) is 17.0. The third kappa shape index (κ3) is 5.89. The molecule has 0 radical (unpaired) electrons. The van der Waals surface area contributed by atoms with Crippen LogP contribution in [0.1, 0.15) is 19.4 Å². The summed E-state index contributed by atoms with van der Waals surface area (Å²) in [6.07, 6.45) is 1.61. The van der Waals surface area contributed by atoms with E-state index in [0.29, 0.717) is 36.0 Å². The number of ether oxygens (including phenoxy) is 2. The molecule has 3 amide bonds. The molecule has 1 heterocycles. The number of halogens is 1. The molecule has 0 spiro atoms. The number of nitrogens with zero attached hydrogens (tertiary/aromatic N) is 1. The fourth-order valence-electron chi connectivity index (χ4n) is 2.82. The number of nitrogens with one attached hydrogen (secondary N) is 1. The van der Waals surface area contributed by atoms with Gasteiger partial charge in [0.2, 0.25) is 5.91 Å². The number of benzene rings is 2. The van der Waals surface area contributed by atoms with E-state index in [0.717, 1.165) is 21.1 Å². The fraction of sp³-hybridized carbons (Fsp3) is 0.227. The number of thioether (sulfide) groups is 1. The van der Waals surface area contributed by atoms with Gasteiger partial charge in [0.15, 0.2) is 11.5 Å². The highest BCUT2D eigenvalue weighted by Gasteiger charge is 2.36. The van der Waals surface area contributed by atoms with Crippen molar-refractivity contribution in [2.45, 2.75) is 13.8 Å². The lowest BCUT2D eigenvalue weighted by atomic mass is 10.2. The maximum atomic E-state index is 12.7. The molecule has 7 nitrogen and oxygen atoms in total. The summed E-state index contributed by atoms with van der Waals surface area (Å²) in [6, 6.07) is 12.3. The van der Waals surface area contributed by atoms with Crippen molar-refractivity contribution >= 4 is 56.5 Å². The number of carbonyl (C=O) groups excluding carboxylic acids is 3. The van der Waals surface area contributed by atoms with Gasteiger partial charge in [-0.3, -0.25) is 19.3 Å². The van der Waals surface area contributed by atoms with Gasteiger partial charge in [-0.1, -0.05) is 22.0 Å². The van der Waals surface area contributed by atoms with Crippen LogP contribution in [0, 0.1) is 0 Å². The topological polar surface area (TPSA) is 84.9 Å². The van der Waals surface area contributed by atoms with Crippen molar-refractivity contribution in [1.82, 2.24) is 4.90 Å². The quantitative estimate of drug-likeness (QED) is 0.513. The van der Waals surface area contributed by atoms with Gasteiger partial charge in [0.25, 0.3) is 11.1 Å². The molecule has 1 N–H and O–H groups in total. The number of rotatable bonds is 8. The van der Waals surface area contributed by atoms with Crippen LogP contribution in [0.25, 0.3) is 6.08 Å². The van der Waals surface area contributed by atoms with Gasteiger partial charge >= 0.3 is 0 Å². The van der Waals surface area contributed by atoms with Crippen LogP contribution < -0.4 is 14.8 Å². The van der Waals surface area contributed by atoms with Crippen molar-refractivity contribution in [3.63, 3.8) is 0 Å². The normalized spacial score (nSPS) is 14.8. The number of carbonyl (C=O) groups is 3. The lowest BCUT2D eigenvalue weighted by Crippen LogP contribution is -2.36. The largest absolute Gasteiger partial charge is 0.490 e. The maximum Gasteiger partial charge on any atom is 0.294 e. The van der Waals surface area contributed by atoms with Crippen molar-refractivity contribution in [1.29, 1.82) is 0 Å². The summed E-state index contributed by atoms with van der Waals surface area (Å²) in [5, 5.41) is 2.19. The van der Waals surface area contributed by atoms with Gasteiger partial charge in [0.05, 0.1) is 18.1 Å². The van der Waals surface area contributed by atoms with Crippen LogP contribution in [0.15, 0.2) is 51.8 Å². The lowest BCUT2D eigenvalue weighted by Gasteiger charge is -2.12. The molecule has 0 unspecified atom stereocenters. The second-order valence-corrected chi connectivity index (χ2v) is 8.30. The second kappa shape index (κ2) is 10.5. The summed E-state index contributed by atoms with van der Waals surface area (Å²) in [5.74, 6) is 0.212. The van der Waals surface area contributed by atoms with Gasteiger partial charge in [-0.25, -0.2) is 0 Å². The zero-order valence-corrected chi connectivity index (χ0v) is 19.4. The van der Waals surface area contributed by atoms with Crippen LogP contribution in [0.2, 0.25) is 0 Å². The average Bonchev–Trinajstić information content (AvgIpc) is 2.99. The third-order valence-corrected chi connectivity index (χ3v) is 5.60. The molecule has 9 heteroatoms. The van der Waals surface area contributed by atoms with Gasteiger partial charge in [-0.2, -0.15) is 0 Å². The molecule has 2 aromatic carbocycles. The van der Waals surface area contributed by atoms with Crippen molar-refractivity contribution in [2.24, 2.45) is 0 Å². The molecule has 31 heavy (non-hydrogen) atoms. The van der Waals surface area contributed by atoms with Gasteiger partial charge in [0, 0.05) is 10.2 Å². The minimum Gasteiger partial charge on any atom is -0.490 e.